The number of nitrogen functional groups attached to an aromatic ring is 1. The summed E-state index contributed by atoms with van der Waals surface area (Å²) >= 11 is -0.874. The molecule has 0 saturated heterocycles. The molecule has 3 nitrogen and oxygen atoms in total. The van der Waals surface area contributed by atoms with Crippen molar-refractivity contribution in [2.75, 3.05) is 5.73 Å². The molecule has 0 amide bonds. The Labute approximate surface area is 129 Å². The third-order valence-electron chi connectivity index (χ3n) is 3.32. The number of rotatable bonds is 1. The number of nitrogens with two attached hydrogens (primary N) is 1. The van der Waals surface area contributed by atoms with E-state index < -0.39 is 14.7 Å². The molecule has 0 aliphatic heterocycles. The minimum atomic E-state index is -0.874. The van der Waals surface area contributed by atoms with Crippen molar-refractivity contribution in [1.29, 1.82) is 0 Å². The summed E-state index contributed by atoms with van der Waals surface area (Å²) in [6, 6.07) is 10.4. The standard InChI is InChI=1S/C15H16AsN3.ClH/c1-9-6-13-15(8-11(9)17)19-14-7-10(16(2)3)4-5-12(14)18-13;/h4-8H,17H2,1-3H3;1H. The van der Waals surface area contributed by atoms with E-state index >= 15 is 0 Å². The monoisotopic (exact) mass is 349 g/mol. The summed E-state index contributed by atoms with van der Waals surface area (Å²) in [5.74, 6) is 0. The second kappa shape index (κ2) is 5.59. The van der Waals surface area contributed by atoms with Crippen molar-refractivity contribution < 1.29 is 0 Å². The van der Waals surface area contributed by atoms with Crippen molar-refractivity contribution in [3.05, 3.63) is 35.9 Å². The zero-order chi connectivity index (χ0) is 13.6. The Morgan fingerprint density at radius 2 is 1.50 bits per heavy atom. The van der Waals surface area contributed by atoms with Crippen LogP contribution < -0.4 is 10.1 Å². The maximum atomic E-state index is 5.95. The van der Waals surface area contributed by atoms with Crippen LogP contribution in [-0.2, 0) is 0 Å². The third-order valence-corrected chi connectivity index (χ3v) is 6.07. The van der Waals surface area contributed by atoms with E-state index in [4.69, 9.17) is 10.7 Å². The van der Waals surface area contributed by atoms with E-state index in [-0.39, 0.29) is 12.4 Å². The Morgan fingerprint density at radius 3 is 2.20 bits per heavy atom. The molecular formula is C15H17AsClN3. The molecule has 104 valence electrons. The fraction of sp³-hybridized carbons (Fsp3) is 0.200. The molecule has 0 atom stereocenters. The van der Waals surface area contributed by atoms with E-state index in [0.717, 1.165) is 33.3 Å². The number of halogens is 1. The molecule has 3 aromatic rings. The predicted octanol–water partition coefficient (Wildman–Crippen LogP) is 3.06. The van der Waals surface area contributed by atoms with E-state index in [2.05, 4.69) is 34.6 Å². The molecule has 2 aromatic carbocycles. The Balaban J connectivity index is 0.00000147. The second-order valence-corrected chi connectivity index (χ2v) is 9.83. The molecule has 0 saturated carbocycles. The van der Waals surface area contributed by atoms with Crippen LogP contribution in [0.4, 0.5) is 5.69 Å². The Bertz CT molecular complexity index is 787. The van der Waals surface area contributed by atoms with Crippen LogP contribution in [0.15, 0.2) is 30.3 Å². The van der Waals surface area contributed by atoms with Gasteiger partial charge in [0.15, 0.2) is 0 Å². The van der Waals surface area contributed by atoms with Gasteiger partial charge in [-0.2, -0.15) is 0 Å². The van der Waals surface area contributed by atoms with Gasteiger partial charge in [0.1, 0.15) is 0 Å². The molecular weight excluding hydrogens is 333 g/mol. The molecule has 0 unspecified atom stereocenters. The van der Waals surface area contributed by atoms with Crippen LogP contribution in [-0.4, -0.2) is 24.6 Å². The minimum Gasteiger partial charge on any atom is -0.147 e. The maximum Gasteiger partial charge on any atom is -0.147 e. The fourth-order valence-electron chi connectivity index (χ4n) is 2.11. The van der Waals surface area contributed by atoms with Gasteiger partial charge in [0.2, 0.25) is 0 Å². The van der Waals surface area contributed by atoms with Crippen molar-refractivity contribution in [3.63, 3.8) is 0 Å². The summed E-state index contributed by atoms with van der Waals surface area (Å²) in [7, 11) is 0. The van der Waals surface area contributed by atoms with Crippen LogP contribution in [0.1, 0.15) is 5.56 Å². The number of aryl methyl sites for hydroxylation is 1. The van der Waals surface area contributed by atoms with E-state index in [1.807, 2.05) is 19.1 Å². The normalized spacial score (nSPS) is 11.0. The van der Waals surface area contributed by atoms with Crippen LogP contribution in [0.3, 0.4) is 0 Å². The van der Waals surface area contributed by atoms with Crippen molar-refractivity contribution in [1.82, 2.24) is 9.97 Å². The Kier molecular flexibility index (Phi) is 4.22. The van der Waals surface area contributed by atoms with Gasteiger partial charge in [-0.25, -0.2) is 0 Å². The molecule has 0 radical (unpaired) electrons. The zero-order valence-corrected chi connectivity index (χ0v) is 14.4. The number of hydrogen-bond donors (Lipinski definition) is 1. The summed E-state index contributed by atoms with van der Waals surface area (Å²) < 4.78 is 1.42. The first-order valence-electron chi connectivity index (χ1n) is 6.19. The van der Waals surface area contributed by atoms with E-state index in [9.17, 15) is 0 Å². The smallest absolute Gasteiger partial charge is 0.147 e. The summed E-state index contributed by atoms with van der Waals surface area (Å²) in [5, 5.41) is 0. The van der Waals surface area contributed by atoms with Crippen LogP contribution in [0.5, 0.6) is 0 Å². The molecule has 3 rings (SSSR count). The van der Waals surface area contributed by atoms with Crippen LogP contribution in [0, 0.1) is 6.92 Å². The molecule has 2 N–H and O–H groups in total. The van der Waals surface area contributed by atoms with Gasteiger partial charge >= 0.3 is 117 Å². The maximum absolute atomic E-state index is 5.95. The molecule has 20 heavy (non-hydrogen) atoms. The number of anilines is 1. The largest absolute Gasteiger partial charge is 0.147 e. The summed E-state index contributed by atoms with van der Waals surface area (Å²) in [6.07, 6.45) is 0. The van der Waals surface area contributed by atoms with Gasteiger partial charge in [0, 0.05) is 0 Å². The van der Waals surface area contributed by atoms with Crippen LogP contribution in [0.25, 0.3) is 22.1 Å². The van der Waals surface area contributed by atoms with Gasteiger partial charge in [-0.1, -0.05) is 0 Å². The molecule has 0 spiro atoms. The van der Waals surface area contributed by atoms with E-state index in [1.54, 1.807) is 0 Å². The molecule has 1 aromatic heterocycles. The summed E-state index contributed by atoms with van der Waals surface area (Å²) in [5.41, 5.74) is 16.1. The quantitative estimate of drug-likeness (QED) is 0.417. The Hall–Kier alpha value is -1.31. The molecule has 1 heterocycles. The van der Waals surface area contributed by atoms with Crippen LogP contribution in [0.2, 0.25) is 11.4 Å². The predicted molar refractivity (Wildman–Crippen MR) is 90.6 cm³/mol. The number of aromatic nitrogens is 2. The number of fused-ring (bicyclic) bond motifs is 2. The number of nitrogens with zero attached hydrogens (tertiary/aromatic N) is 2. The third kappa shape index (κ3) is 2.61. The molecule has 0 aliphatic rings. The van der Waals surface area contributed by atoms with Crippen molar-refractivity contribution >= 4 is 59.2 Å². The van der Waals surface area contributed by atoms with Gasteiger partial charge < -0.3 is 0 Å². The number of benzene rings is 2. The first kappa shape index (κ1) is 15.1. The van der Waals surface area contributed by atoms with Gasteiger partial charge in [0.05, 0.1) is 0 Å². The molecule has 5 heteroatoms. The van der Waals surface area contributed by atoms with Crippen molar-refractivity contribution in [2.24, 2.45) is 0 Å². The second-order valence-electron chi connectivity index (χ2n) is 4.99. The van der Waals surface area contributed by atoms with Crippen molar-refractivity contribution in [2.45, 2.75) is 18.3 Å². The molecule has 0 fully saturated rings. The topological polar surface area (TPSA) is 51.8 Å². The zero-order valence-electron chi connectivity index (χ0n) is 11.7. The van der Waals surface area contributed by atoms with Gasteiger partial charge in [-0.3, -0.25) is 0 Å². The first-order valence-corrected chi connectivity index (χ1v) is 10.9. The van der Waals surface area contributed by atoms with E-state index in [0.29, 0.717) is 0 Å². The SMILES string of the molecule is Cc1cc2nc3ccc([As](C)C)cc3nc2cc1N.Cl. The minimum absolute atomic E-state index is 0. The van der Waals surface area contributed by atoms with Gasteiger partial charge in [-0.15, -0.1) is 12.4 Å². The Morgan fingerprint density at radius 1 is 0.900 bits per heavy atom. The number of hydrogen-bond acceptors (Lipinski definition) is 3. The van der Waals surface area contributed by atoms with Crippen LogP contribution >= 0.6 is 12.4 Å². The summed E-state index contributed by atoms with van der Waals surface area (Å²) in [6.45, 7) is 1.99. The van der Waals surface area contributed by atoms with E-state index in [1.165, 1.54) is 4.35 Å². The average molecular weight is 350 g/mol. The fourth-order valence-corrected chi connectivity index (χ4v) is 3.69. The van der Waals surface area contributed by atoms with Gasteiger partial charge in [-0.05, 0) is 0 Å². The summed E-state index contributed by atoms with van der Waals surface area (Å²) in [4.78, 5) is 9.38. The molecule has 0 bridgehead atoms. The molecule has 0 aliphatic carbocycles. The first-order chi connectivity index (χ1) is 9.04. The average Bonchev–Trinajstić information content (AvgIpc) is 2.37. The van der Waals surface area contributed by atoms with Gasteiger partial charge in [0.25, 0.3) is 0 Å². The van der Waals surface area contributed by atoms with Crippen molar-refractivity contribution in [3.8, 4) is 0 Å².